The Kier molecular flexibility index (Phi) is 7.19. The van der Waals surface area contributed by atoms with Crippen molar-refractivity contribution >= 4 is 17.8 Å². The molecule has 2 amide bonds. The van der Waals surface area contributed by atoms with Gasteiger partial charge in [0, 0.05) is 13.0 Å². The molecule has 0 unspecified atom stereocenters. The number of nitrogens with one attached hydrogen (secondary N) is 1. The maximum absolute atomic E-state index is 13.2. The highest BCUT2D eigenvalue weighted by Gasteiger charge is 2.47. The molecule has 1 heterocycles. The normalized spacial score (nSPS) is 19.8. The SMILES string of the molecule is COC(=O)[C@H]1CCC(=O)N([C@@H](CO)c2ccccc2)[C@H]1C(=O)NCc1ccccc1. The van der Waals surface area contributed by atoms with Gasteiger partial charge in [0.2, 0.25) is 11.8 Å². The quantitative estimate of drug-likeness (QED) is 0.679. The van der Waals surface area contributed by atoms with Gasteiger partial charge in [0.1, 0.15) is 6.04 Å². The summed E-state index contributed by atoms with van der Waals surface area (Å²) in [6, 6.07) is 16.6. The number of aliphatic hydroxyl groups is 1. The van der Waals surface area contributed by atoms with Crippen LogP contribution < -0.4 is 5.32 Å². The van der Waals surface area contributed by atoms with Crippen LogP contribution in [0.4, 0.5) is 0 Å². The summed E-state index contributed by atoms with van der Waals surface area (Å²) in [6.45, 7) is -0.104. The van der Waals surface area contributed by atoms with Crippen molar-refractivity contribution in [3.63, 3.8) is 0 Å². The lowest BCUT2D eigenvalue weighted by Crippen LogP contribution is -2.59. The second-order valence-corrected chi connectivity index (χ2v) is 7.23. The van der Waals surface area contributed by atoms with E-state index in [1.54, 1.807) is 24.3 Å². The largest absolute Gasteiger partial charge is 0.469 e. The van der Waals surface area contributed by atoms with Crippen LogP contribution in [0, 0.1) is 5.92 Å². The molecule has 1 fully saturated rings. The van der Waals surface area contributed by atoms with Crippen molar-refractivity contribution in [1.29, 1.82) is 0 Å². The topological polar surface area (TPSA) is 95.9 Å². The monoisotopic (exact) mass is 410 g/mol. The van der Waals surface area contributed by atoms with E-state index in [0.717, 1.165) is 5.56 Å². The molecule has 1 aliphatic heterocycles. The first kappa shape index (κ1) is 21.5. The van der Waals surface area contributed by atoms with Crippen LogP contribution in [0.1, 0.15) is 30.0 Å². The van der Waals surface area contributed by atoms with Crippen molar-refractivity contribution in [3.05, 3.63) is 71.8 Å². The highest BCUT2D eigenvalue weighted by atomic mass is 16.5. The zero-order valence-electron chi connectivity index (χ0n) is 16.9. The average molecular weight is 410 g/mol. The fourth-order valence-electron chi connectivity index (χ4n) is 3.91. The van der Waals surface area contributed by atoms with E-state index in [9.17, 15) is 19.5 Å². The smallest absolute Gasteiger partial charge is 0.311 e. The molecule has 2 aromatic rings. The van der Waals surface area contributed by atoms with Crippen molar-refractivity contribution in [3.8, 4) is 0 Å². The van der Waals surface area contributed by atoms with E-state index >= 15 is 0 Å². The first-order chi connectivity index (χ1) is 14.6. The maximum Gasteiger partial charge on any atom is 0.311 e. The number of piperidine rings is 1. The van der Waals surface area contributed by atoms with Crippen molar-refractivity contribution in [2.45, 2.75) is 31.5 Å². The summed E-state index contributed by atoms with van der Waals surface area (Å²) in [5.74, 6) is -2.08. The Morgan fingerprint density at radius 3 is 2.37 bits per heavy atom. The van der Waals surface area contributed by atoms with Gasteiger partial charge in [0.05, 0.1) is 25.7 Å². The molecule has 0 spiro atoms. The number of benzene rings is 2. The van der Waals surface area contributed by atoms with Gasteiger partial charge in [-0.25, -0.2) is 0 Å². The van der Waals surface area contributed by atoms with Crippen LogP contribution in [0.5, 0.6) is 0 Å². The minimum Gasteiger partial charge on any atom is -0.469 e. The summed E-state index contributed by atoms with van der Waals surface area (Å²) in [4.78, 5) is 39.9. The van der Waals surface area contributed by atoms with Gasteiger partial charge in [0.25, 0.3) is 0 Å². The summed E-state index contributed by atoms with van der Waals surface area (Å²) in [5.41, 5.74) is 1.59. The number of carbonyl (C=O) groups excluding carboxylic acids is 3. The summed E-state index contributed by atoms with van der Waals surface area (Å²) < 4.78 is 4.92. The number of amides is 2. The summed E-state index contributed by atoms with van der Waals surface area (Å²) in [7, 11) is 1.27. The number of rotatable bonds is 7. The number of aliphatic hydroxyl groups excluding tert-OH is 1. The van der Waals surface area contributed by atoms with E-state index in [-0.39, 0.29) is 31.9 Å². The van der Waals surface area contributed by atoms with Gasteiger partial charge < -0.3 is 20.1 Å². The number of likely N-dealkylation sites (tertiary alicyclic amines) is 1. The molecule has 0 bridgehead atoms. The van der Waals surface area contributed by atoms with Crippen LogP contribution in [0.2, 0.25) is 0 Å². The molecule has 0 aliphatic carbocycles. The second-order valence-electron chi connectivity index (χ2n) is 7.23. The van der Waals surface area contributed by atoms with E-state index in [1.165, 1.54) is 12.0 Å². The van der Waals surface area contributed by atoms with Gasteiger partial charge >= 0.3 is 5.97 Å². The van der Waals surface area contributed by atoms with Gasteiger partial charge in [-0.2, -0.15) is 0 Å². The number of carbonyl (C=O) groups is 3. The van der Waals surface area contributed by atoms with Crippen LogP contribution in [0.3, 0.4) is 0 Å². The Morgan fingerprint density at radius 1 is 1.13 bits per heavy atom. The van der Waals surface area contributed by atoms with Crippen LogP contribution in [-0.4, -0.2) is 47.5 Å². The third-order valence-electron chi connectivity index (χ3n) is 5.41. The number of esters is 1. The molecular weight excluding hydrogens is 384 g/mol. The Hall–Kier alpha value is -3.19. The lowest BCUT2D eigenvalue weighted by Gasteiger charge is -2.43. The number of hydrogen-bond donors (Lipinski definition) is 2. The Labute approximate surface area is 175 Å². The van der Waals surface area contributed by atoms with Gasteiger partial charge in [-0.05, 0) is 17.5 Å². The lowest BCUT2D eigenvalue weighted by molar-refractivity contribution is -0.162. The van der Waals surface area contributed by atoms with Crippen LogP contribution >= 0.6 is 0 Å². The molecule has 0 aromatic heterocycles. The molecule has 3 rings (SSSR count). The van der Waals surface area contributed by atoms with Crippen molar-refractivity contribution in [2.75, 3.05) is 13.7 Å². The summed E-state index contributed by atoms with van der Waals surface area (Å²) in [5, 5.41) is 12.9. The van der Waals surface area contributed by atoms with Crippen LogP contribution in [-0.2, 0) is 25.7 Å². The Morgan fingerprint density at radius 2 is 1.77 bits per heavy atom. The molecule has 3 atom stereocenters. The minimum absolute atomic E-state index is 0.103. The highest BCUT2D eigenvalue weighted by molar-refractivity contribution is 5.94. The third kappa shape index (κ3) is 4.68. The lowest BCUT2D eigenvalue weighted by atomic mass is 9.85. The second kappa shape index (κ2) is 10.0. The van der Waals surface area contributed by atoms with Crippen LogP contribution in [0.15, 0.2) is 60.7 Å². The molecule has 0 radical (unpaired) electrons. The number of nitrogens with zero attached hydrogens (tertiary/aromatic N) is 1. The fourth-order valence-corrected chi connectivity index (χ4v) is 3.91. The predicted molar refractivity (Wildman–Crippen MR) is 110 cm³/mol. The number of methoxy groups -OCH3 is 1. The molecule has 30 heavy (non-hydrogen) atoms. The molecule has 0 saturated carbocycles. The standard InChI is InChI=1S/C23H26N2O5/c1-30-23(29)18-12-13-20(27)25(19(15-26)17-10-6-3-7-11-17)21(18)22(28)24-14-16-8-4-2-5-9-16/h2-11,18-19,21,26H,12-15H2,1H3,(H,24,28)/t18-,19-,21+/m0/s1. The van der Waals surface area contributed by atoms with E-state index in [4.69, 9.17) is 4.74 Å². The molecule has 7 heteroatoms. The van der Waals surface area contributed by atoms with Crippen LogP contribution in [0.25, 0.3) is 0 Å². The van der Waals surface area contributed by atoms with E-state index < -0.39 is 29.9 Å². The molecule has 1 saturated heterocycles. The number of hydrogen-bond acceptors (Lipinski definition) is 5. The minimum atomic E-state index is -1.07. The molecule has 7 nitrogen and oxygen atoms in total. The van der Waals surface area contributed by atoms with Gasteiger partial charge in [-0.3, -0.25) is 14.4 Å². The van der Waals surface area contributed by atoms with Crippen molar-refractivity contribution < 1.29 is 24.2 Å². The average Bonchev–Trinajstić information content (AvgIpc) is 2.79. The fraction of sp³-hybridized carbons (Fsp3) is 0.348. The molecule has 2 aromatic carbocycles. The van der Waals surface area contributed by atoms with Gasteiger partial charge in [-0.1, -0.05) is 60.7 Å². The number of ether oxygens (including phenoxy) is 1. The van der Waals surface area contributed by atoms with Gasteiger partial charge in [0.15, 0.2) is 0 Å². The van der Waals surface area contributed by atoms with Crippen molar-refractivity contribution in [1.82, 2.24) is 10.2 Å². The zero-order chi connectivity index (χ0) is 21.5. The van der Waals surface area contributed by atoms with E-state index in [1.807, 2.05) is 36.4 Å². The maximum atomic E-state index is 13.2. The molecule has 158 valence electrons. The Bertz CT molecular complexity index is 872. The molecule has 2 N–H and O–H groups in total. The third-order valence-corrected chi connectivity index (χ3v) is 5.41. The van der Waals surface area contributed by atoms with E-state index in [2.05, 4.69) is 5.32 Å². The zero-order valence-corrected chi connectivity index (χ0v) is 16.9. The van der Waals surface area contributed by atoms with E-state index in [0.29, 0.717) is 5.56 Å². The first-order valence-electron chi connectivity index (χ1n) is 9.93. The highest BCUT2D eigenvalue weighted by Crippen LogP contribution is 2.33. The summed E-state index contributed by atoms with van der Waals surface area (Å²) in [6.07, 6.45) is 0.323. The Balaban J connectivity index is 1.92. The predicted octanol–water partition coefficient (Wildman–Crippen LogP) is 1.82. The first-order valence-corrected chi connectivity index (χ1v) is 9.93. The summed E-state index contributed by atoms with van der Waals surface area (Å²) >= 11 is 0. The van der Waals surface area contributed by atoms with Crippen molar-refractivity contribution in [2.24, 2.45) is 5.92 Å². The molecule has 1 aliphatic rings. The molecular formula is C23H26N2O5. The van der Waals surface area contributed by atoms with Gasteiger partial charge in [-0.15, -0.1) is 0 Å².